The number of carbonyl (C=O) groups excluding carboxylic acids is 2. The van der Waals surface area contributed by atoms with Crippen molar-refractivity contribution in [3.05, 3.63) is 48.0 Å². The molecule has 0 spiro atoms. The minimum Gasteiger partial charge on any atom is -0.335 e. The lowest BCUT2D eigenvalue weighted by Crippen LogP contribution is -2.36. The van der Waals surface area contributed by atoms with Crippen molar-refractivity contribution in [2.75, 3.05) is 6.67 Å². The zero-order valence-corrected chi connectivity index (χ0v) is 9.12. The molecule has 0 saturated carbocycles. The molecule has 16 heavy (non-hydrogen) atoms. The molecule has 4 nitrogen and oxygen atoms in total. The average Bonchev–Trinajstić information content (AvgIpc) is 2.29. The first-order valence-electron chi connectivity index (χ1n) is 4.88. The molecular formula is C12H14N2O2. The third kappa shape index (κ3) is 3.57. The highest BCUT2D eigenvalue weighted by atomic mass is 16.2. The van der Waals surface area contributed by atoms with E-state index >= 15 is 0 Å². The summed E-state index contributed by atoms with van der Waals surface area (Å²) in [6.07, 6.45) is 1.15. The molecule has 2 N–H and O–H groups in total. The van der Waals surface area contributed by atoms with Crippen LogP contribution >= 0.6 is 0 Å². The maximum atomic E-state index is 11.5. The fourth-order valence-corrected chi connectivity index (χ4v) is 1.09. The first-order chi connectivity index (χ1) is 7.63. The lowest BCUT2D eigenvalue weighted by molar-refractivity contribution is -0.116. The van der Waals surface area contributed by atoms with Crippen LogP contribution in [0.25, 0.3) is 0 Å². The SMILES string of the molecule is C=CC(=O)NCNC(=O)c1ccc(C)cc1. The maximum Gasteiger partial charge on any atom is 0.252 e. The highest BCUT2D eigenvalue weighted by Crippen LogP contribution is 2.02. The molecule has 0 aliphatic carbocycles. The van der Waals surface area contributed by atoms with Crippen LogP contribution in [-0.2, 0) is 4.79 Å². The summed E-state index contributed by atoms with van der Waals surface area (Å²) >= 11 is 0. The summed E-state index contributed by atoms with van der Waals surface area (Å²) in [7, 11) is 0. The van der Waals surface area contributed by atoms with Gasteiger partial charge in [0.15, 0.2) is 0 Å². The lowest BCUT2D eigenvalue weighted by Gasteiger charge is -2.05. The Morgan fingerprint density at radius 3 is 2.44 bits per heavy atom. The van der Waals surface area contributed by atoms with Gasteiger partial charge in [0.2, 0.25) is 5.91 Å². The van der Waals surface area contributed by atoms with E-state index in [-0.39, 0.29) is 18.5 Å². The summed E-state index contributed by atoms with van der Waals surface area (Å²) in [4.78, 5) is 22.3. The molecule has 1 aromatic rings. The van der Waals surface area contributed by atoms with Gasteiger partial charge < -0.3 is 10.6 Å². The van der Waals surface area contributed by atoms with Crippen molar-refractivity contribution >= 4 is 11.8 Å². The Hall–Kier alpha value is -2.10. The number of hydrogen-bond acceptors (Lipinski definition) is 2. The van der Waals surface area contributed by atoms with E-state index < -0.39 is 0 Å². The van der Waals surface area contributed by atoms with Gasteiger partial charge >= 0.3 is 0 Å². The van der Waals surface area contributed by atoms with Crippen molar-refractivity contribution in [2.45, 2.75) is 6.92 Å². The van der Waals surface area contributed by atoms with E-state index in [0.29, 0.717) is 5.56 Å². The number of amides is 2. The molecule has 0 bridgehead atoms. The third-order valence-electron chi connectivity index (χ3n) is 2.01. The van der Waals surface area contributed by atoms with Crippen LogP contribution in [0.15, 0.2) is 36.9 Å². The summed E-state index contributed by atoms with van der Waals surface area (Å²) < 4.78 is 0. The average molecular weight is 218 g/mol. The number of nitrogens with one attached hydrogen (secondary N) is 2. The number of carbonyl (C=O) groups is 2. The van der Waals surface area contributed by atoms with Gasteiger partial charge in [-0.3, -0.25) is 9.59 Å². The van der Waals surface area contributed by atoms with Crippen molar-refractivity contribution in [3.8, 4) is 0 Å². The van der Waals surface area contributed by atoms with Crippen LogP contribution in [0.4, 0.5) is 0 Å². The standard InChI is InChI=1S/C12H14N2O2/c1-3-11(15)13-8-14-12(16)10-6-4-9(2)5-7-10/h3-7H,1,8H2,2H3,(H,13,15)(H,14,16). The summed E-state index contributed by atoms with van der Waals surface area (Å²) in [6, 6.07) is 7.19. The normalized spacial score (nSPS) is 9.31. The number of rotatable bonds is 4. The fourth-order valence-electron chi connectivity index (χ4n) is 1.09. The Bertz CT molecular complexity index is 396. The first kappa shape index (κ1) is 12.0. The van der Waals surface area contributed by atoms with Gasteiger partial charge in [-0.2, -0.15) is 0 Å². The van der Waals surface area contributed by atoms with E-state index in [9.17, 15) is 9.59 Å². The van der Waals surface area contributed by atoms with Crippen LogP contribution in [0.2, 0.25) is 0 Å². The second kappa shape index (κ2) is 5.70. The summed E-state index contributed by atoms with van der Waals surface area (Å²) in [5.41, 5.74) is 1.66. The van der Waals surface area contributed by atoms with Crippen molar-refractivity contribution in [2.24, 2.45) is 0 Å². The van der Waals surface area contributed by atoms with Gasteiger partial charge in [0, 0.05) is 5.56 Å². The second-order valence-corrected chi connectivity index (χ2v) is 3.29. The van der Waals surface area contributed by atoms with Crippen LogP contribution in [-0.4, -0.2) is 18.5 Å². The third-order valence-corrected chi connectivity index (χ3v) is 2.01. The molecule has 0 radical (unpaired) electrons. The number of hydrogen-bond donors (Lipinski definition) is 2. The van der Waals surface area contributed by atoms with Gasteiger partial charge in [-0.25, -0.2) is 0 Å². The molecule has 2 amide bonds. The van der Waals surface area contributed by atoms with E-state index in [2.05, 4.69) is 17.2 Å². The quantitative estimate of drug-likeness (QED) is 0.584. The molecule has 0 unspecified atom stereocenters. The molecule has 0 aliphatic rings. The first-order valence-corrected chi connectivity index (χ1v) is 4.88. The Kier molecular flexibility index (Phi) is 4.27. The molecular weight excluding hydrogens is 204 g/mol. The van der Waals surface area contributed by atoms with E-state index in [0.717, 1.165) is 11.6 Å². The van der Waals surface area contributed by atoms with Crippen LogP contribution in [0.5, 0.6) is 0 Å². The molecule has 84 valence electrons. The number of aryl methyl sites for hydroxylation is 1. The second-order valence-electron chi connectivity index (χ2n) is 3.29. The number of benzene rings is 1. The Balaban J connectivity index is 2.44. The Morgan fingerprint density at radius 2 is 1.88 bits per heavy atom. The molecule has 0 aromatic heterocycles. The van der Waals surface area contributed by atoms with Crippen LogP contribution in [0, 0.1) is 6.92 Å². The Morgan fingerprint density at radius 1 is 1.25 bits per heavy atom. The monoisotopic (exact) mass is 218 g/mol. The predicted octanol–water partition coefficient (Wildman–Crippen LogP) is 0.985. The minimum absolute atomic E-state index is 0.0948. The van der Waals surface area contributed by atoms with Crippen molar-refractivity contribution in [3.63, 3.8) is 0 Å². The zero-order valence-electron chi connectivity index (χ0n) is 9.12. The molecule has 4 heteroatoms. The van der Waals surface area contributed by atoms with Gasteiger partial charge in [-0.05, 0) is 25.1 Å². The van der Waals surface area contributed by atoms with E-state index in [1.807, 2.05) is 19.1 Å². The fraction of sp³-hybridized carbons (Fsp3) is 0.167. The highest BCUT2D eigenvalue weighted by molar-refractivity contribution is 5.94. The summed E-state index contributed by atoms with van der Waals surface area (Å²) in [6.45, 7) is 5.35. The summed E-state index contributed by atoms with van der Waals surface area (Å²) in [5.74, 6) is -0.534. The van der Waals surface area contributed by atoms with Gasteiger partial charge in [0.25, 0.3) is 5.91 Å². The highest BCUT2D eigenvalue weighted by Gasteiger charge is 2.03. The van der Waals surface area contributed by atoms with Crippen LogP contribution in [0.3, 0.4) is 0 Å². The Labute approximate surface area is 94.4 Å². The van der Waals surface area contributed by atoms with Gasteiger partial charge in [0.05, 0.1) is 6.67 Å². The zero-order chi connectivity index (χ0) is 12.0. The smallest absolute Gasteiger partial charge is 0.252 e. The minimum atomic E-state index is -0.316. The maximum absolute atomic E-state index is 11.5. The summed E-state index contributed by atoms with van der Waals surface area (Å²) in [5, 5.41) is 5.02. The van der Waals surface area contributed by atoms with Crippen LogP contribution < -0.4 is 10.6 Å². The van der Waals surface area contributed by atoms with Gasteiger partial charge in [0.1, 0.15) is 0 Å². The molecule has 0 atom stereocenters. The predicted molar refractivity (Wildman–Crippen MR) is 61.9 cm³/mol. The molecule has 1 aromatic carbocycles. The van der Waals surface area contributed by atoms with E-state index in [4.69, 9.17) is 0 Å². The topological polar surface area (TPSA) is 58.2 Å². The molecule has 0 heterocycles. The van der Waals surface area contributed by atoms with Crippen molar-refractivity contribution in [1.82, 2.24) is 10.6 Å². The van der Waals surface area contributed by atoms with Gasteiger partial charge in [-0.1, -0.05) is 24.3 Å². The van der Waals surface area contributed by atoms with Gasteiger partial charge in [-0.15, -0.1) is 0 Å². The molecule has 0 aliphatic heterocycles. The van der Waals surface area contributed by atoms with Crippen molar-refractivity contribution < 1.29 is 9.59 Å². The molecule has 1 rings (SSSR count). The van der Waals surface area contributed by atoms with Crippen LogP contribution in [0.1, 0.15) is 15.9 Å². The van der Waals surface area contributed by atoms with Crippen molar-refractivity contribution in [1.29, 1.82) is 0 Å². The van der Waals surface area contributed by atoms with E-state index in [1.54, 1.807) is 12.1 Å². The lowest BCUT2D eigenvalue weighted by atomic mass is 10.1. The molecule has 0 fully saturated rings. The molecule has 0 saturated heterocycles. The largest absolute Gasteiger partial charge is 0.335 e. The van der Waals surface area contributed by atoms with E-state index in [1.165, 1.54) is 0 Å².